The first kappa shape index (κ1) is 31.3. The average Bonchev–Trinajstić information content (AvgIpc) is 3.13. The van der Waals surface area contributed by atoms with Gasteiger partial charge in [0.25, 0.3) is 0 Å². The molecule has 0 saturated heterocycles. The van der Waals surface area contributed by atoms with Crippen LogP contribution in [0.1, 0.15) is 11.3 Å². The Kier molecular flexibility index (Phi) is 8.77. The van der Waals surface area contributed by atoms with Crippen LogP contribution in [0, 0.1) is 32.2 Å². The molecular weight excluding hydrogens is 768 g/mol. The molecule has 0 bridgehead atoms. The van der Waals surface area contributed by atoms with Crippen molar-refractivity contribution in [2.75, 3.05) is 0 Å². The maximum absolute atomic E-state index is 6.37. The van der Waals surface area contributed by atoms with E-state index in [-0.39, 0.29) is 26.8 Å². The number of hydrogen-bond donors (Lipinski definition) is 0. The van der Waals surface area contributed by atoms with Crippen LogP contribution in [-0.2, 0) is 20.1 Å². The molecule has 0 spiro atoms. The number of rotatable bonds is 3. The van der Waals surface area contributed by atoms with Gasteiger partial charge in [-0.2, -0.15) is 30.3 Å². The van der Waals surface area contributed by atoms with Gasteiger partial charge in [0.05, 0.1) is 0 Å². The van der Waals surface area contributed by atoms with Gasteiger partial charge in [0.15, 0.2) is 0 Å². The number of para-hydroxylation sites is 1. The van der Waals surface area contributed by atoms with Gasteiger partial charge in [0.1, 0.15) is 17.2 Å². The molecule has 4 heterocycles. The fourth-order valence-corrected chi connectivity index (χ4v) is 6.25. The van der Waals surface area contributed by atoms with Gasteiger partial charge in [0, 0.05) is 17.4 Å². The smallest absolute Gasteiger partial charge is 0.503 e. The molecule has 48 heavy (non-hydrogen) atoms. The molecule has 0 aliphatic carbocycles. The SMILES string of the molecule is Cc1c[c-]c(-c2[c-]nc(C)c(-c3ccccc3)c2)cc1.[Ir+3].[c-]1ccc2c(c1-c1ccccn1)Oc1cccc3c1B2c1ccccc1O3. The van der Waals surface area contributed by atoms with Crippen molar-refractivity contribution in [1.29, 1.82) is 0 Å². The Balaban J connectivity index is 0.000000156. The van der Waals surface area contributed by atoms with Crippen molar-refractivity contribution in [2.45, 2.75) is 13.8 Å². The second-order valence-electron chi connectivity index (χ2n) is 11.6. The van der Waals surface area contributed by atoms with Gasteiger partial charge < -0.3 is 19.4 Å². The Hall–Kier alpha value is -5.29. The number of nitrogens with zero attached hydrogens (tertiary/aromatic N) is 2. The topological polar surface area (TPSA) is 44.2 Å². The summed E-state index contributed by atoms with van der Waals surface area (Å²) in [6.07, 6.45) is 4.89. The van der Waals surface area contributed by atoms with Crippen LogP contribution in [0.5, 0.6) is 23.0 Å². The summed E-state index contributed by atoms with van der Waals surface area (Å²) in [6, 6.07) is 49.3. The standard InChI is InChI=1S/C23H13BNO2.C19H15N.Ir/c1-2-11-19-16(8-1)24-17-9-5-7-15(18-10-3-4-14-25-18)23(17)27-21-13-6-12-20(26-19)22(21)24;1-14-8-10-16(11-9-14)18-12-19(15(2)20-13-18)17-6-4-3-5-7-17;/h1-6,8-14H;3-10,12H,1-2H3;/q-1;-2;+3. The molecule has 6 heteroatoms. The molecule has 0 N–H and O–H groups in total. The van der Waals surface area contributed by atoms with Crippen LogP contribution in [0.3, 0.4) is 0 Å². The summed E-state index contributed by atoms with van der Waals surface area (Å²) in [7, 11) is 0. The molecule has 4 nitrogen and oxygen atoms in total. The van der Waals surface area contributed by atoms with E-state index in [1.165, 1.54) is 11.1 Å². The molecule has 9 rings (SSSR count). The molecule has 2 aromatic heterocycles. The van der Waals surface area contributed by atoms with E-state index in [0.29, 0.717) is 0 Å². The normalized spacial score (nSPS) is 11.7. The first-order chi connectivity index (χ1) is 23.1. The van der Waals surface area contributed by atoms with Crippen LogP contribution in [0.15, 0.2) is 134 Å². The molecule has 2 aliphatic rings. The summed E-state index contributed by atoms with van der Waals surface area (Å²) in [4.78, 5) is 8.91. The Morgan fingerprint density at radius 1 is 0.667 bits per heavy atom. The Labute approximate surface area is 294 Å². The summed E-state index contributed by atoms with van der Waals surface area (Å²) in [5.74, 6) is 3.40. The Morgan fingerprint density at radius 2 is 1.44 bits per heavy atom. The number of benzene rings is 5. The summed E-state index contributed by atoms with van der Waals surface area (Å²) < 4.78 is 12.5. The second-order valence-corrected chi connectivity index (χ2v) is 11.6. The van der Waals surface area contributed by atoms with Crippen LogP contribution in [0.4, 0.5) is 0 Å². The molecule has 0 unspecified atom stereocenters. The minimum atomic E-state index is 0. The summed E-state index contributed by atoms with van der Waals surface area (Å²) >= 11 is 0. The summed E-state index contributed by atoms with van der Waals surface area (Å²) in [5, 5.41) is 0. The van der Waals surface area contributed by atoms with Gasteiger partial charge in [0.2, 0.25) is 6.71 Å². The van der Waals surface area contributed by atoms with E-state index in [1.807, 2.05) is 85.8 Å². The number of fused-ring (bicyclic) bond motifs is 4. The third-order valence-electron chi connectivity index (χ3n) is 8.55. The molecule has 0 atom stereocenters. The molecule has 230 valence electrons. The van der Waals surface area contributed by atoms with E-state index >= 15 is 0 Å². The molecule has 2 aliphatic heterocycles. The van der Waals surface area contributed by atoms with E-state index in [4.69, 9.17) is 9.47 Å². The monoisotopic (exact) mass is 796 g/mol. The fraction of sp³-hybridized carbons (Fsp3) is 0.0476. The molecule has 0 fully saturated rings. The van der Waals surface area contributed by atoms with Crippen molar-refractivity contribution in [2.24, 2.45) is 0 Å². The van der Waals surface area contributed by atoms with Gasteiger partial charge in [-0.25, -0.2) is 11.1 Å². The van der Waals surface area contributed by atoms with Crippen molar-refractivity contribution < 1.29 is 29.6 Å². The largest absolute Gasteiger partial charge is 3.00 e. The van der Waals surface area contributed by atoms with E-state index in [2.05, 4.69) is 83.8 Å². The van der Waals surface area contributed by atoms with Crippen molar-refractivity contribution in [3.05, 3.63) is 163 Å². The Morgan fingerprint density at radius 3 is 2.23 bits per heavy atom. The third kappa shape index (κ3) is 5.86. The number of aromatic nitrogens is 2. The quantitative estimate of drug-likeness (QED) is 0.135. The van der Waals surface area contributed by atoms with Crippen molar-refractivity contribution >= 4 is 23.1 Å². The molecule has 7 aromatic rings. The van der Waals surface area contributed by atoms with Gasteiger partial charge >= 0.3 is 20.1 Å². The predicted octanol–water partition coefficient (Wildman–Crippen LogP) is 7.91. The summed E-state index contributed by atoms with van der Waals surface area (Å²) in [5.41, 5.74) is 11.6. The van der Waals surface area contributed by atoms with Gasteiger partial charge in [-0.05, 0) is 46.7 Å². The van der Waals surface area contributed by atoms with Crippen LogP contribution in [0.2, 0.25) is 0 Å². The third-order valence-corrected chi connectivity index (χ3v) is 8.55. The van der Waals surface area contributed by atoms with Gasteiger partial charge in [-0.1, -0.05) is 97.9 Å². The minimum Gasteiger partial charge on any atom is -0.503 e. The van der Waals surface area contributed by atoms with Crippen molar-refractivity contribution in [1.82, 2.24) is 9.97 Å². The number of hydrogen-bond acceptors (Lipinski definition) is 4. The first-order valence-corrected chi connectivity index (χ1v) is 15.6. The molecule has 0 radical (unpaired) electrons. The number of aryl methyl sites for hydroxylation is 2. The fourth-order valence-electron chi connectivity index (χ4n) is 6.25. The zero-order valence-electron chi connectivity index (χ0n) is 26.3. The van der Waals surface area contributed by atoms with E-state index < -0.39 is 0 Å². The predicted molar refractivity (Wildman–Crippen MR) is 188 cm³/mol. The maximum atomic E-state index is 6.37. The molecular formula is C42H28BIrN2O2. The summed E-state index contributed by atoms with van der Waals surface area (Å²) in [6.45, 7) is 4.15. The maximum Gasteiger partial charge on any atom is 3.00 e. The van der Waals surface area contributed by atoms with Crippen LogP contribution in [-0.4, -0.2) is 16.7 Å². The molecule has 0 saturated carbocycles. The van der Waals surface area contributed by atoms with E-state index in [1.54, 1.807) is 6.20 Å². The zero-order valence-corrected chi connectivity index (χ0v) is 28.7. The van der Waals surface area contributed by atoms with Crippen molar-refractivity contribution in [3.63, 3.8) is 0 Å². The number of pyridine rings is 2. The molecule has 0 amide bonds. The Bertz CT molecular complexity index is 2220. The van der Waals surface area contributed by atoms with Gasteiger partial charge in [-0.3, -0.25) is 0 Å². The van der Waals surface area contributed by atoms with E-state index in [0.717, 1.165) is 73.0 Å². The van der Waals surface area contributed by atoms with Crippen LogP contribution in [0.25, 0.3) is 33.5 Å². The van der Waals surface area contributed by atoms with Crippen LogP contribution >= 0.6 is 0 Å². The van der Waals surface area contributed by atoms with Crippen LogP contribution < -0.4 is 25.9 Å². The zero-order chi connectivity index (χ0) is 31.7. The van der Waals surface area contributed by atoms with Gasteiger partial charge in [-0.15, -0.1) is 29.2 Å². The van der Waals surface area contributed by atoms with E-state index in [9.17, 15) is 0 Å². The average molecular weight is 796 g/mol. The minimum absolute atomic E-state index is 0. The first-order valence-electron chi connectivity index (χ1n) is 15.6. The number of ether oxygens (including phenoxy) is 2. The molecule has 5 aromatic carbocycles. The second kappa shape index (κ2) is 13.4. The van der Waals surface area contributed by atoms with Crippen molar-refractivity contribution in [3.8, 4) is 56.5 Å².